The normalized spacial score (nSPS) is 14.9. The topological polar surface area (TPSA) is 49.9 Å². The molecule has 0 aromatic heterocycles. The molecule has 1 aliphatic rings. The van der Waals surface area contributed by atoms with Crippen molar-refractivity contribution in [1.29, 1.82) is 0 Å². The number of carbonyl (C=O) groups excluding carboxylic acids is 2. The molecule has 1 heterocycles. The Morgan fingerprint density at radius 3 is 2.59 bits per heavy atom. The fourth-order valence-electron chi connectivity index (χ4n) is 3.47. The average Bonchev–Trinajstić information content (AvgIpc) is 2.69. The lowest BCUT2D eigenvalue weighted by molar-refractivity contribution is -0.139. The zero-order valence-electron chi connectivity index (χ0n) is 16.7. The summed E-state index contributed by atoms with van der Waals surface area (Å²) in [5.74, 6) is 0.0852. The number of likely N-dealkylation sites (tertiary alicyclic amines) is 1. The number of hydrogen-bond donors (Lipinski definition) is 0. The maximum absolute atomic E-state index is 13.7. The number of piperidine rings is 1. The summed E-state index contributed by atoms with van der Waals surface area (Å²) < 4.78 is 18.6. The number of halogens is 1. The third-order valence-electron chi connectivity index (χ3n) is 5.26. The van der Waals surface area contributed by atoms with Gasteiger partial charge in [0.1, 0.15) is 0 Å². The monoisotopic (exact) mass is 378 g/mol. The average molecular weight is 378 g/mol. The third-order valence-corrected chi connectivity index (χ3v) is 5.26. The van der Waals surface area contributed by atoms with Crippen LogP contribution in [0.5, 0.6) is 5.75 Å². The van der Waals surface area contributed by atoms with Crippen LogP contribution in [0.15, 0.2) is 18.2 Å². The van der Waals surface area contributed by atoms with Crippen LogP contribution in [0.1, 0.15) is 44.6 Å². The Morgan fingerprint density at radius 1 is 1.30 bits per heavy atom. The van der Waals surface area contributed by atoms with Crippen molar-refractivity contribution in [2.45, 2.75) is 45.4 Å². The molecule has 0 saturated carbocycles. The minimum Gasteiger partial charge on any atom is -0.494 e. The van der Waals surface area contributed by atoms with Gasteiger partial charge in [-0.3, -0.25) is 9.59 Å². The number of hydrogen-bond acceptors (Lipinski definition) is 3. The molecule has 1 saturated heterocycles. The van der Waals surface area contributed by atoms with Gasteiger partial charge in [0.15, 0.2) is 11.6 Å². The van der Waals surface area contributed by atoms with Crippen LogP contribution in [-0.2, 0) is 16.0 Å². The number of rotatable bonds is 8. The largest absolute Gasteiger partial charge is 0.494 e. The summed E-state index contributed by atoms with van der Waals surface area (Å²) in [6.45, 7) is 4.15. The number of aryl methyl sites for hydroxylation is 1. The number of methoxy groups -OCH3 is 1. The molecular weight excluding hydrogens is 347 g/mol. The minimum atomic E-state index is -0.408. The molecule has 2 rings (SSSR count). The van der Waals surface area contributed by atoms with Crippen molar-refractivity contribution in [3.63, 3.8) is 0 Å². The number of carbonyl (C=O) groups is 2. The molecule has 6 heteroatoms. The second-order valence-electron chi connectivity index (χ2n) is 7.24. The molecule has 0 spiro atoms. The van der Waals surface area contributed by atoms with Crippen molar-refractivity contribution in [3.05, 3.63) is 29.6 Å². The van der Waals surface area contributed by atoms with Gasteiger partial charge in [0.25, 0.3) is 0 Å². The van der Waals surface area contributed by atoms with Crippen LogP contribution in [0.4, 0.5) is 4.39 Å². The van der Waals surface area contributed by atoms with Crippen molar-refractivity contribution in [2.24, 2.45) is 5.92 Å². The number of amides is 2. The number of nitrogens with zero attached hydrogens (tertiary/aromatic N) is 2. The van der Waals surface area contributed by atoms with E-state index in [0.717, 1.165) is 37.8 Å². The number of ether oxygens (including phenoxy) is 1. The van der Waals surface area contributed by atoms with E-state index in [1.807, 2.05) is 16.8 Å². The lowest BCUT2D eigenvalue weighted by Crippen LogP contribution is -2.43. The van der Waals surface area contributed by atoms with E-state index < -0.39 is 5.82 Å². The van der Waals surface area contributed by atoms with Crippen LogP contribution in [0.25, 0.3) is 0 Å². The van der Waals surface area contributed by atoms with Gasteiger partial charge < -0.3 is 14.5 Å². The van der Waals surface area contributed by atoms with Gasteiger partial charge in [0, 0.05) is 39.0 Å². The molecule has 0 N–H and O–H groups in total. The standard InChI is InChI=1S/C21H31FN2O3/c1-4-5-12-23(2)21(26)17-10-13-24(14-11-17)20(25)9-7-16-6-8-19(27-3)18(22)15-16/h6,8,15,17H,4-5,7,9-14H2,1-3H3. The van der Waals surface area contributed by atoms with Gasteiger partial charge in [-0.25, -0.2) is 4.39 Å². The number of benzene rings is 1. The molecule has 1 aromatic carbocycles. The summed E-state index contributed by atoms with van der Waals surface area (Å²) in [4.78, 5) is 28.5. The van der Waals surface area contributed by atoms with E-state index in [-0.39, 0.29) is 23.5 Å². The SMILES string of the molecule is CCCCN(C)C(=O)C1CCN(C(=O)CCc2ccc(OC)c(F)c2)CC1. The van der Waals surface area contributed by atoms with Crippen LogP contribution in [0.2, 0.25) is 0 Å². The highest BCUT2D eigenvalue weighted by Gasteiger charge is 2.28. The molecule has 5 nitrogen and oxygen atoms in total. The second-order valence-corrected chi connectivity index (χ2v) is 7.24. The smallest absolute Gasteiger partial charge is 0.225 e. The second kappa shape index (κ2) is 10.3. The van der Waals surface area contributed by atoms with E-state index in [2.05, 4.69) is 6.92 Å². The van der Waals surface area contributed by atoms with Gasteiger partial charge in [-0.15, -0.1) is 0 Å². The summed E-state index contributed by atoms with van der Waals surface area (Å²) in [7, 11) is 3.29. The summed E-state index contributed by atoms with van der Waals surface area (Å²) in [5, 5.41) is 0. The summed E-state index contributed by atoms with van der Waals surface area (Å²) in [5.41, 5.74) is 0.782. The van der Waals surface area contributed by atoms with Crippen LogP contribution >= 0.6 is 0 Å². The van der Waals surface area contributed by atoms with Crippen LogP contribution in [-0.4, -0.2) is 55.4 Å². The summed E-state index contributed by atoms with van der Waals surface area (Å²) in [6.07, 6.45) is 4.38. The van der Waals surface area contributed by atoms with Gasteiger partial charge >= 0.3 is 0 Å². The first kappa shape index (κ1) is 21.2. The van der Waals surface area contributed by atoms with Crippen molar-refractivity contribution < 1.29 is 18.7 Å². The van der Waals surface area contributed by atoms with Gasteiger partial charge in [0.05, 0.1) is 7.11 Å². The molecule has 27 heavy (non-hydrogen) atoms. The fourth-order valence-corrected chi connectivity index (χ4v) is 3.47. The zero-order valence-corrected chi connectivity index (χ0v) is 16.7. The van der Waals surface area contributed by atoms with Gasteiger partial charge in [-0.05, 0) is 43.4 Å². The van der Waals surface area contributed by atoms with Gasteiger partial charge in [-0.2, -0.15) is 0 Å². The fraction of sp³-hybridized carbons (Fsp3) is 0.619. The van der Waals surface area contributed by atoms with E-state index in [1.54, 1.807) is 12.1 Å². The van der Waals surface area contributed by atoms with Crippen LogP contribution in [0, 0.1) is 11.7 Å². The van der Waals surface area contributed by atoms with Crippen molar-refractivity contribution >= 4 is 11.8 Å². The van der Waals surface area contributed by atoms with E-state index in [1.165, 1.54) is 13.2 Å². The molecule has 2 amide bonds. The molecule has 150 valence electrons. The molecule has 0 unspecified atom stereocenters. The summed E-state index contributed by atoms with van der Waals surface area (Å²) in [6, 6.07) is 4.79. The first-order chi connectivity index (χ1) is 13.0. The molecule has 1 aliphatic heterocycles. The Bertz CT molecular complexity index is 642. The quantitative estimate of drug-likeness (QED) is 0.698. The lowest BCUT2D eigenvalue weighted by atomic mass is 9.95. The van der Waals surface area contributed by atoms with Crippen molar-refractivity contribution in [3.8, 4) is 5.75 Å². The van der Waals surface area contributed by atoms with E-state index in [9.17, 15) is 14.0 Å². The van der Waals surface area contributed by atoms with Crippen molar-refractivity contribution in [2.75, 3.05) is 33.8 Å². The maximum atomic E-state index is 13.7. The highest BCUT2D eigenvalue weighted by molar-refractivity contribution is 5.80. The maximum Gasteiger partial charge on any atom is 0.225 e. The predicted molar refractivity (Wildman–Crippen MR) is 103 cm³/mol. The van der Waals surface area contributed by atoms with E-state index >= 15 is 0 Å². The Kier molecular flexibility index (Phi) is 8.07. The molecule has 0 atom stereocenters. The molecule has 1 aromatic rings. The Morgan fingerprint density at radius 2 is 2.00 bits per heavy atom. The summed E-state index contributed by atoms with van der Waals surface area (Å²) >= 11 is 0. The molecule has 0 radical (unpaired) electrons. The number of unbranched alkanes of at least 4 members (excludes halogenated alkanes) is 1. The minimum absolute atomic E-state index is 0.0200. The zero-order chi connectivity index (χ0) is 19.8. The lowest BCUT2D eigenvalue weighted by Gasteiger charge is -2.33. The molecule has 1 fully saturated rings. The van der Waals surface area contributed by atoms with E-state index in [0.29, 0.717) is 25.9 Å². The first-order valence-electron chi connectivity index (χ1n) is 9.81. The Labute approximate surface area is 161 Å². The Hall–Kier alpha value is -2.11. The molecular formula is C21H31FN2O3. The van der Waals surface area contributed by atoms with Gasteiger partial charge in [0.2, 0.25) is 11.8 Å². The van der Waals surface area contributed by atoms with Crippen LogP contribution in [0.3, 0.4) is 0 Å². The predicted octanol–water partition coefficient (Wildman–Crippen LogP) is 3.26. The molecule has 0 bridgehead atoms. The Balaban J connectivity index is 1.77. The van der Waals surface area contributed by atoms with Gasteiger partial charge in [-0.1, -0.05) is 19.4 Å². The third kappa shape index (κ3) is 5.94. The van der Waals surface area contributed by atoms with Crippen LogP contribution < -0.4 is 4.74 Å². The molecule has 0 aliphatic carbocycles. The van der Waals surface area contributed by atoms with Crippen molar-refractivity contribution in [1.82, 2.24) is 9.80 Å². The van der Waals surface area contributed by atoms with E-state index in [4.69, 9.17) is 4.74 Å². The highest BCUT2D eigenvalue weighted by Crippen LogP contribution is 2.22. The first-order valence-corrected chi connectivity index (χ1v) is 9.81. The highest BCUT2D eigenvalue weighted by atomic mass is 19.1.